The smallest absolute Gasteiger partial charge is 0.267 e. The summed E-state index contributed by atoms with van der Waals surface area (Å²) in [6, 6.07) is 13.2. The highest BCUT2D eigenvalue weighted by Gasteiger charge is 2.28. The summed E-state index contributed by atoms with van der Waals surface area (Å²) in [7, 11) is 1.49. The Morgan fingerprint density at radius 2 is 1.81 bits per heavy atom. The van der Waals surface area contributed by atoms with Crippen molar-refractivity contribution in [3.8, 4) is 5.75 Å². The molecule has 1 aromatic heterocycles. The molecule has 0 atom stereocenters. The van der Waals surface area contributed by atoms with E-state index >= 15 is 0 Å². The number of hydrogen-bond acceptors (Lipinski definition) is 4. The highest BCUT2D eigenvalue weighted by atomic mass is 32.1. The van der Waals surface area contributed by atoms with E-state index in [9.17, 15) is 9.18 Å². The Hall–Kier alpha value is -2.60. The molecule has 0 unspecified atom stereocenters. The van der Waals surface area contributed by atoms with Gasteiger partial charge in [0.2, 0.25) is 0 Å². The van der Waals surface area contributed by atoms with Gasteiger partial charge in [-0.1, -0.05) is 24.3 Å². The molecule has 0 bridgehead atoms. The molecule has 1 fully saturated rings. The van der Waals surface area contributed by atoms with Gasteiger partial charge in [0.25, 0.3) is 5.91 Å². The molecule has 1 aliphatic rings. The van der Waals surface area contributed by atoms with Crippen molar-refractivity contribution >= 4 is 33.0 Å². The predicted molar refractivity (Wildman–Crippen MR) is 108 cm³/mol. The summed E-state index contributed by atoms with van der Waals surface area (Å²) >= 11 is 1.29. The van der Waals surface area contributed by atoms with Crippen molar-refractivity contribution in [2.24, 2.45) is 0 Å². The van der Waals surface area contributed by atoms with E-state index in [4.69, 9.17) is 4.74 Å². The van der Waals surface area contributed by atoms with Gasteiger partial charge >= 0.3 is 0 Å². The van der Waals surface area contributed by atoms with Gasteiger partial charge in [0, 0.05) is 36.6 Å². The topological polar surface area (TPSA) is 32.8 Å². The average Bonchev–Trinajstić information content (AvgIpc) is 3.08. The number of thiophene rings is 1. The van der Waals surface area contributed by atoms with Crippen molar-refractivity contribution in [2.45, 2.75) is 6.92 Å². The van der Waals surface area contributed by atoms with Crippen LogP contribution in [-0.4, -0.2) is 44.1 Å². The molecule has 1 amide bonds. The number of halogens is 1. The first kappa shape index (κ1) is 17.8. The Balaban J connectivity index is 1.56. The molecule has 4 nitrogen and oxygen atoms in total. The van der Waals surface area contributed by atoms with Crippen LogP contribution < -0.4 is 9.64 Å². The van der Waals surface area contributed by atoms with Gasteiger partial charge in [0.05, 0.1) is 12.5 Å². The number of amides is 1. The Bertz CT molecular complexity index is 993. The van der Waals surface area contributed by atoms with Gasteiger partial charge in [-0.15, -0.1) is 11.3 Å². The van der Waals surface area contributed by atoms with Gasteiger partial charge in [0.15, 0.2) is 5.75 Å². The third kappa shape index (κ3) is 3.14. The highest BCUT2D eigenvalue weighted by molar-refractivity contribution is 7.21. The number of piperazine rings is 1. The summed E-state index contributed by atoms with van der Waals surface area (Å²) < 4.78 is 20.4. The fourth-order valence-electron chi connectivity index (χ4n) is 3.63. The SMILES string of the molecule is COc1c(C(=O)N2CCN(c3ccccc3C)CC2)sc2cccc(F)c12. The Kier molecular flexibility index (Phi) is 4.74. The number of fused-ring (bicyclic) bond motifs is 1. The second-order valence-electron chi connectivity index (χ2n) is 6.64. The second-order valence-corrected chi connectivity index (χ2v) is 7.70. The molecule has 2 heterocycles. The standard InChI is InChI=1S/C21H21FN2O2S/c1-14-6-3-4-8-16(14)23-10-12-24(13-11-23)21(25)20-19(26-2)18-15(22)7-5-9-17(18)27-20/h3-9H,10-13H2,1-2H3. The highest BCUT2D eigenvalue weighted by Crippen LogP contribution is 2.40. The zero-order valence-corrected chi connectivity index (χ0v) is 16.2. The van der Waals surface area contributed by atoms with Crippen molar-refractivity contribution < 1.29 is 13.9 Å². The number of methoxy groups -OCH3 is 1. The summed E-state index contributed by atoms with van der Waals surface area (Å²) in [5.41, 5.74) is 2.45. The number of nitrogens with zero attached hydrogens (tertiary/aromatic N) is 2. The summed E-state index contributed by atoms with van der Waals surface area (Å²) in [5.74, 6) is -0.0969. The van der Waals surface area contributed by atoms with Crippen LogP contribution >= 0.6 is 11.3 Å². The van der Waals surface area contributed by atoms with Crippen molar-refractivity contribution in [1.29, 1.82) is 0 Å². The first-order chi connectivity index (χ1) is 13.1. The molecule has 3 aromatic rings. The van der Waals surface area contributed by atoms with Gasteiger partial charge in [-0.05, 0) is 30.7 Å². The van der Waals surface area contributed by atoms with E-state index in [1.54, 1.807) is 6.07 Å². The summed E-state index contributed by atoms with van der Waals surface area (Å²) in [4.78, 5) is 17.7. The average molecular weight is 384 g/mol. The van der Waals surface area contributed by atoms with Crippen LogP contribution in [-0.2, 0) is 0 Å². The Morgan fingerprint density at radius 1 is 1.07 bits per heavy atom. The van der Waals surface area contributed by atoms with Crippen molar-refractivity contribution in [3.05, 3.63) is 58.7 Å². The molecule has 4 rings (SSSR count). The molecular formula is C21H21FN2O2S. The molecule has 27 heavy (non-hydrogen) atoms. The quantitative estimate of drug-likeness (QED) is 0.674. The number of hydrogen-bond donors (Lipinski definition) is 0. The van der Waals surface area contributed by atoms with Gasteiger partial charge in [0.1, 0.15) is 10.7 Å². The van der Waals surface area contributed by atoms with Crippen molar-refractivity contribution in [2.75, 3.05) is 38.2 Å². The van der Waals surface area contributed by atoms with Gasteiger partial charge in [-0.2, -0.15) is 0 Å². The lowest BCUT2D eigenvalue weighted by Gasteiger charge is -2.36. The molecule has 0 aliphatic carbocycles. The monoisotopic (exact) mass is 384 g/mol. The van der Waals surface area contributed by atoms with E-state index in [-0.39, 0.29) is 11.7 Å². The maximum absolute atomic E-state index is 14.2. The summed E-state index contributed by atoms with van der Waals surface area (Å²) in [5, 5.41) is 0.395. The maximum Gasteiger partial charge on any atom is 0.267 e. The van der Waals surface area contributed by atoms with Gasteiger partial charge in [-0.3, -0.25) is 4.79 Å². The van der Waals surface area contributed by atoms with E-state index in [1.807, 2.05) is 23.1 Å². The third-order valence-corrected chi connectivity index (χ3v) is 6.17. The molecule has 0 radical (unpaired) electrons. The van der Waals surface area contributed by atoms with Crippen molar-refractivity contribution in [1.82, 2.24) is 4.90 Å². The van der Waals surface area contributed by atoms with Crippen LogP contribution in [0.15, 0.2) is 42.5 Å². The molecule has 140 valence electrons. The van der Waals surface area contributed by atoms with Crippen LogP contribution in [0.2, 0.25) is 0 Å². The Morgan fingerprint density at radius 3 is 2.52 bits per heavy atom. The fraction of sp³-hybridized carbons (Fsp3) is 0.286. The lowest BCUT2D eigenvalue weighted by atomic mass is 10.1. The molecule has 2 aromatic carbocycles. The number of benzene rings is 2. The van der Waals surface area contributed by atoms with E-state index in [0.717, 1.165) is 17.8 Å². The fourth-order valence-corrected chi connectivity index (χ4v) is 4.78. The molecular weight excluding hydrogens is 363 g/mol. The van der Waals surface area contributed by atoms with Crippen LogP contribution in [0.1, 0.15) is 15.2 Å². The Labute approximate surface area is 161 Å². The maximum atomic E-state index is 14.2. The van der Waals surface area contributed by atoms with E-state index < -0.39 is 0 Å². The largest absolute Gasteiger partial charge is 0.494 e. The third-order valence-electron chi connectivity index (χ3n) is 5.04. The van der Waals surface area contributed by atoms with Crippen molar-refractivity contribution in [3.63, 3.8) is 0 Å². The zero-order valence-electron chi connectivity index (χ0n) is 15.4. The molecule has 0 N–H and O–H groups in total. The lowest BCUT2D eigenvalue weighted by molar-refractivity contribution is 0.0749. The number of ether oxygens (including phenoxy) is 1. The number of anilines is 1. The number of rotatable bonds is 3. The number of carbonyl (C=O) groups is 1. The van der Waals surface area contributed by atoms with Crippen LogP contribution in [0, 0.1) is 12.7 Å². The molecule has 1 aliphatic heterocycles. The van der Waals surface area contributed by atoms with Crippen LogP contribution in [0.25, 0.3) is 10.1 Å². The first-order valence-electron chi connectivity index (χ1n) is 8.95. The minimum atomic E-state index is -0.357. The molecule has 0 saturated carbocycles. The number of para-hydroxylation sites is 1. The van der Waals surface area contributed by atoms with E-state index in [1.165, 1.54) is 35.8 Å². The lowest BCUT2D eigenvalue weighted by Crippen LogP contribution is -2.48. The zero-order chi connectivity index (χ0) is 19.0. The van der Waals surface area contributed by atoms with Crippen LogP contribution in [0.4, 0.5) is 10.1 Å². The van der Waals surface area contributed by atoms with Crippen LogP contribution in [0.5, 0.6) is 5.75 Å². The van der Waals surface area contributed by atoms with E-state index in [2.05, 4.69) is 24.0 Å². The second kappa shape index (κ2) is 7.19. The number of carbonyl (C=O) groups excluding carboxylic acids is 1. The predicted octanol–water partition coefficient (Wildman–Crippen LogP) is 4.32. The minimum Gasteiger partial charge on any atom is -0.494 e. The molecule has 6 heteroatoms. The van der Waals surface area contributed by atoms with Crippen LogP contribution in [0.3, 0.4) is 0 Å². The normalized spacial score (nSPS) is 14.6. The number of aryl methyl sites for hydroxylation is 1. The summed E-state index contributed by atoms with van der Waals surface area (Å²) in [6.07, 6.45) is 0. The molecule has 0 spiro atoms. The van der Waals surface area contributed by atoms with Gasteiger partial charge in [-0.25, -0.2) is 4.39 Å². The molecule has 1 saturated heterocycles. The van der Waals surface area contributed by atoms with E-state index in [0.29, 0.717) is 29.1 Å². The first-order valence-corrected chi connectivity index (χ1v) is 9.76. The van der Waals surface area contributed by atoms with Gasteiger partial charge < -0.3 is 14.5 Å². The minimum absolute atomic E-state index is 0.0862. The summed E-state index contributed by atoms with van der Waals surface area (Å²) in [6.45, 7) is 4.92.